The van der Waals surface area contributed by atoms with E-state index < -0.39 is 10.8 Å². The van der Waals surface area contributed by atoms with Gasteiger partial charge in [-0.15, -0.1) is 0 Å². The molecule has 0 aliphatic heterocycles. The maximum atomic E-state index is 12.3. The summed E-state index contributed by atoms with van der Waals surface area (Å²) in [5.41, 5.74) is 0. The van der Waals surface area contributed by atoms with Crippen LogP contribution in [-0.4, -0.2) is 22.5 Å². The van der Waals surface area contributed by atoms with E-state index in [2.05, 4.69) is 26.1 Å². The van der Waals surface area contributed by atoms with Gasteiger partial charge in [0.05, 0.1) is 20.8 Å². The molecule has 102 valence electrons. The summed E-state index contributed by atoms with van der Waals surface area (Å²) in [5.74, 6) is 1.03. The Hall–Kier alpha value is -0.0900. The molecule has 1 aromatic carbocycles. The van der Waals surface area contributed by atoms with Gasteiger partial charge >= 0.3 is 0 Å². The first-order chi connectivity index (χ1) is 8.45. The molecule has 0 saturated heterocycles. The second-order valence-corrected chi connectivity index (χ2v) is 6.81. The topological polar surface area (TPSA) is 29.1 Å². The molecule has 18 heavy (non-hydrogen) atoms. The lowest BCUT2D eigenvalue weighted by atomic mass is 10.1. The summed E-state index contributed by atoms with van der Waals surface area (Å²) in [6.45, 7) is 7.18. The van der Waals surface area contributed by atoms with Gasteiger partial charge in [0.1, 0.15) is 0 Å². The standard InChI is InChI=1S/C13H19Cl2NOS/c1-4-16-13(9(2)3)8-18(17)10-5-6-11(14)12(15)7-10/h5-7,9,13,16H,4,8H2,1-3H3. The molecule has 0 spiro atoms. The van der Waals surface area contributed by atoms with E-state index in [-0.39, 0.29) is 6.04 Å². The lowest BCUT2D eigenvalue weighted by Gasteiger charge is -2.21. The van der Waals surface area contributed by atoms with Crippen LogP contribution in [0.1, 0.15) is 20.8 Å². The lowest BCUT2D eigenvalue weighted by Crippen LogP contribution is -2.38. The van der Waals surface area contributed by atoms with Crippen LogP contribution in [0.5, 0.6) is 0 Å². The summed E-state index contributed by atoms with van der Waals surface area (Å²) in [4.78, 5) is 0.730. The highest BCUT2D eigenvalue weighted by Gasteiger charge is 2.17. The van der Waals surface area contributed by atoms with E-state index >= 15 is 0 Å². The summed E-state index contributed by atoms with van der Waals surface area (Å²) in [6.07, 6.45) is 0. The smallest absolute Gasteiger partial charge is 0.0604 e. The second-order valence-electron chi connectivity index (χ2n) is 4.50. The van der Waals surface area contributed by atoms with E-state index in [0.717, 1.165) is 11.4 Å². The van der Waals surface area contributed by atoms with E-state index in [0.29, 0.717) is 21.7 Å². The maximum Gasteiger partial charge on any atom is 0.0604 e. The molecule has 1 aromatic rings. The van der Waals surface area contributed by atoms with Gasteiger partial charge < -0.3 is 5.32 Å². The highest BCUT2D eigenvalue weighted by molar-refractivity contribution is 7.85. The largest absolute Gasteiger partial charge is 0.313 e. The van der Waals surface area contributed by atoms with Gasteiger partial charge in [-0.1, -0.05) is 44.0 Å². The van der Waals surface area contributed by atoms with Crippen molar-refractivity contribution >= 4 is 34.0 Å². The van der Waals surface area contributed by atoms with Crippen molar-refractivity contribution in [3.8, 4) is 0 Å². The minimum Gasteiger partial charge on any atom is -0.313 e. The Morgan fingerprint density at radius 2 is 1.94 bits per heavy atom. The average molecular weight is 308 g/mol. The molecule has 1 N–H and O–H groups in total. The molecule has 2 atom stereocenters. The fourth-order valence-corrected chi connectivity index (χ4v) is 3.48. The predicted octanol–water partition coefficient (Wildman–Crippen LogP) is 3.74. The highest BCUT2D eigenvalue weighted by atomic mass is 35.5. The van der Waals surface area contributed by atoms with Crippen LogP contribution in [0.2, 0.25) is 10.0 Å². The van der Waals surface area contributed by atoms with E-state index in [1.165, 1.54) is 0 Å². The quantitative estimate of drug-likeness (QED) is 0.867. The van der Waals surface area contributed by atoms with Crippen molar-refractivity contribution < 1.29 is 4.21 Å². The molecule has 0 aliphatic carbocycles. The Bertz CT molecular complexity index is 423. The third kappa shape index (κ3) is 4.54. The van der Waals surface area contributed by atoms with Gasteiger partial charge in [-0.3, -0.25) is 4.21 Å². The van der Waals surface area contributed by atoms with Crippen molar-refractivity contribution in [1.82, 2.24) is 5.32 Å². The van der Waals surface area contributed by atoms with Crippen LogP contribution in [0, 0.1) is 5.92 Å². The monoisotopic (exact) mass is 307 g/mol. The molecule has 0 amide bonds. The first-order valence-electron chi connectivity index (χ1n) is 6.02. The van der Waals surface area contributed by atoms with Gasteiger partial charge in [0, 0.05) is 16.7 Å². The maximum absolute atomic E-state index is 12.3. The summed E-state index contributed by atoms with van der Waals surface area (Å²) >= 11 is 11.8. The normalized spacial score (nSPS) is 14.8. The van der Waals surface area contributed by atoms with Crippen LogP contribution in [0.25, 0.3) is 0 Å². The molecule has 5 heteroatoms. The van der Waals surface area contributed by atoms with Crippen LogP contribution in [0.4, 0.5) is 0 Å². The van der Waals surface area contributed by atoms with Crippen LogP contribution >= 0.6 is 23.2 Å². The number of halogens is 2. The number of nitrogens with one attached hydrogen (secondary N) is 1. The first kappa shape index (κ1) is 16.0. The molecule has 1 rings (SSSR count). The summed E-state index contributed by atoms with van der Waals surface area (Å²) < 4.78 is 12.3. The van der Waals surface area contributed by atoms with Crippen molar-refractivity contribution in [2.45, 2.75) is 31.7 Å². The van der Waals surface area contributed by atoms with Gasteiger partial charge in [0.25, 0.3) is 0 Å². The van der Waals surface area contributed by atoms with E-state index in [4.69, 9.17) is 23.2 Å². The molecule has 0 heterocycles. The van der Waals surface area contributed by atoms with Gasteiger partial charge in [0.2, 0.25) is 0 Å². The summed E-state index contributed by atoms with van der Waals surface area (Å²) in [6, 6.07) is 5.39. The molecular formula is C13H19Cl2NOS. The first-order valence-corrected chi connectivity index (χ1v) is 8.10. The van der Waals surface area contributed by atoms with E-state index in [1.54, 1.807) is 18.2 Å². The fraction of sp³-hybridized carbons (Fsp3) is 0.538. The Morgan fingerprint density at radius 3 is 2.44 bits per heavy atom. The molecule has 0 aromatic heterocycles. The number of rotatable bonds is 6. The van der Waals surface area contributed by atoms with Crippen LogP contribution < -0.4 is 5.32 Å². The highest BCUT2D eigenvalue weighted by Crippen LogP contribution is 2.24. The average Bonchev–Trinajstić information content (AvgIpc) is 2.31. The van der Waals surface area contributed by atoms with Crippen molar-refractivity contribution in [2.75, 3.05) is 12.3 Å². The number of hydrogen-bond acceptors (Lipinski definition) is 2. The predicted molar refractivity (Wildman–Crippen MR) is 80.0 cm³/mol. The fourth-order valence-electron chi connectivity index (χ4n) is 1.63. The van der Waals surface area contributed by atoms with Crippen molar-refractivity contribution in [3.05, 3.63) is 28.2 Å². The third-order valence-corrected chi connectivity index (χ3v) is 4.94. The Morgan fingerprint density at radius 1 is 1.28 bits per heavy atom. The molecule has 2 unspecified atom stereocenters. The zero-order chi connectivity index (χ0) is 13.7. The Kier molecular flexibility index (Phi) is 6.64. The van der Waals surface area contributed by atoms with Gasteiger partial charge in [-0.2, -0.15) is 0 Å². The molecular weight excluding hydrogens is 289 g/mol. The van der Waals surface area contributed by atoms with E-state index in [1.807, 2.05) is 0 Å². The van der Waals surface area contributed by atoms with Gasteiger partial charge in [0.15, 0.2) is 0 Å². The van der Waals surface area contributed by atoms with E-state index in [9.17, 15) is 4.21 Å². The van der Waals surface area contributed by atoms with Crippen LogP contribution in [0.15, 0.2) is 23.1 Å². The van der Waals surface area contributed by atoms with Crippen molar-refractivity contribution in [2.24, 2.45) is 5.92 Å². The van der Waals surface area contributed by atoms with Crippen molar-refractivity contribution in [3.63, 3.8) is 0 Å². The summed E-state index contributed by atoms with van der Waals surface area (Å²) in [7, 11) is -1.06. The Balaban J connectivity index is 2.77. The van der Waals surface area contributed by atoms with Crippen LogP contribution in [-0.2, 0) is 10.8 Å². The lowest BCUT2D eigenvalue weighted by molar-refractivity contribution is 0.440. The van der Waals surface area contributed by atoms with Gasteiger partial charge in [-0.25, -0.2) is 0 Å². The Labute approximate surface area is 122 Å². The SMILES string of the molecule is CCNC(CS(=O)c1ccc(Cl)c(Cl)c1)C(C)C. The van der Waals surface area contributed by atoms with Crippen molar-refractivity contribution in [1.29, 1.82) is 0 Å². The number of hydrogen-bond donors (Lipinski definition) is 1. The van der Waals surface area contributed by atoms with Gasteiger partial charge in [-0.05, 0) is 30.7 Å². The molecule has 0 radical (unpaired) electrons. The molecule has 0 saturated carbocycles. The zero-order valence-electron chi connectivity index (χ0n) is 10.9. The molecule has 0 bridgehead atoms. The number of benzene rings is 1. The zero-order valence-corrected chi connectivity index (χ0v) is 13.2. The molecule has 0 fully saturated rings. The third-order valence-electron chi connectivity index (χ3n) is 2.76. The minimum atomic E-state index is -1.06. The molecule has 2 nitrogen and oxygen atoms in total. The minimum absolute atomic E-state index is 0.241. The van der Waals surface area contributed by atoms with Crippen LogP contribution in [0.3, 0.4) is 0 Å². The molecule has 0 aliphatic rings. The summed E-state index contributed by atoms with van der Waals surface area (Å²) in [5, 5.41) is 4.30. The second kappa shape index (κ2) is 7.49.